The number of fused-ring (bicyclic) bond motifs is 1. The minimum Gasteiger partial charge on any atom is -0.273 e. The zero-order valence-electron chi connectivity index (χ0n) is 7.19. The topological polar surface area (TPSA) is 61.2 Å². The summed E-state index contributed by atoms with van der Waals surface area (Å²) < 4.78 is 0. The van der Waals surface area contributed by atoms with Crippen LogP contribution in [0.1, 0.15) is 25.7 Å². The van der Waals surface area contributed by atoms with E-state index in [0.717, 1.165) is 30.6 Å². The standard InChI is InChI=1S/C9H10N2O2/c10-5-11-8(12)6-3-1-2-4-7(6)9(11)13/h6-7H,1-4H2. The summed E-state index contributed by atoms with van der Waals surface area (Å²) >= 11 is 0. The Morgan fingerprint density at radius 1 is 1.15 bits per heavy atom. The summed E-state index contributed by atoms with van der Waals surface area (Å²) in [5.41, 5.74) is 0. The molecule has 2 atom stereocenters. The first kappa shape index (κ1) is 8.24. The molecule has 1 saturated carbocycles. The van der Waals surface area contributed by atoms with E-state index in [1.165, 1.54) is 0 Å². The van der Waals surface area contributed by atoms with E-state index >= 15 is 0 Å². The molecule has 2 unspecified atom stereocenters. The van der Waals surface area contributed by atoms with Gasteiger partial charge in [-0.3, -0.25) is 9.59 Å². The fourth-order valence-electron chi connectivity index (χ4n) is 2.26. The number of carbonyl (C=O) groups excluding carboxylic acids is 2. The van der Waals surface area contributed by atoms with E-state index in [2.05, 4.69) is 0 Å². The molecule has 2 rings (SSSR count). The van der Waals surface area contributed by atoms with Crippen molar-refractivity contribution < 1.29 is 9.59 Å². The van der Waals surface area contributed by atoms with E-state index in [4.69, 9.17) is 5.26 Å². The van der Waals surface area contributed by atoms with Gasteiger partial charge in [0.05, 0.1) is 11.8 Å². The maximum atomic E-state index is 11.5. The molecule has 2 fully saturated rings. The summed E-state index contributed by atoms with van der Waals surface area (Å²) in [5.74, 6) is -0.948. The molecule has 1 heterocycles. The largest absolute Gasteiger partial charge is 0.273 e. The van der Waals surface area contributed by atoms with Crippen molar-refractivity contribution in [3.8, 4) is 6.19 Å². The van der Waals surface area contributed by atoms with E-state index in [-0.39, 0.29) is 23.7 Å². The molecule has 68 valence electrons. The van der Waals surface area contributed by atoms with Crippen molar-refractivity contribution in [2.45, 2.75) is 25.7 Å². The van der Waals surface area contributed by atoms with Gasteiger partial charge in [-0.05, 0) is 12.8 Å². The van der Waals surface area contributed by atoms with Crippen LogP contribution in [0.4, 0.5) is 0 Å². The van der Waals surface area contributed by atoms with E-state index in [9.17, 15) is 9.59 Å². The van der Waals surface area contributed by atoms with Gasteiger partial charge < -0.3 is 0 Å². The number of likely N-dealkylation sites (tertiary alicyclic amines) is 1. The lowest BCUT2D eigenvalue weighted by Gasteiger charge is -2.19. The number of nitrogens with zero attached hydrogens (tertiary/aromatic N) is 2. The highest BCUT2D eigenvalue weighted by molar-refractivity contribution is 6.06. The molecule has 2 aliphatic rings. The minimum absolute atomic E-state index is 0.194. The highest BCUT2D eigenvalue weighted by Crippen LogP contribution is 2.37. The second kappa shape index (κ2) is 2.84. The summed E-state index contributed by atoms with van der Waals surface area (Å²) in [6.45, 7) is 0. The number of imide groups is 1. The van der Waals surface area contributed by atoms with Crippen molar-refractivity contribution in [1.82, 2.24) is 4.90 Å². The van der Waals surface area contributed by atoms with E-state index in [1.54, 1.807) is 6.19 Å². The van der Waals surface area contributed by atoms with Gasteiger partial charge in [-0.25, -0.2) is 0 Å². The molecular weight excluding hydrogens is 168 g/mol. The lowest BCUT2D eigenvalue weighted by molar-refractivity contribution is -0.135. The van der Waals surface area contributed by atoms with Crippen LogP contribution in [0.5, 0.6) is 0 Å². The van der Waals surface area contributed by atoms with Gasteiger partial charge in [-0.15, -0.1) is 0 Å². The van der Waals surface area contributed by atoms with Gasteiger partial charge in [0.1, 0.15) is 0 Å². The molecule has 4 nitrogen and oxygen atoms in total. The number of carbonyl (C=O) groups is 2. The first-order valence-electron chi connectivity index (χ1n) is 4.53. The van der Waals surface area contributed by atoms with Crippen LogP contribution in [0.25, 0.3) is 0 Å². The average molecular weight is 178 g/mol. The van der Waals surface area contributed by atoms with Gasteiger partial charge in [0, 0.05) is 0 Å². The lowest BCUT2D eigenvalue weighted by Crippen LogP contribution is -2.25. The summed E-state index contributed by atoms with van der Waals surface area (Å²) in [6, 6.07) is 0. The quantitative estimate of drug-likeness (QED) is 0.404. The molecule has 4 heteroatoms. The Bertz CT molecular complexity index is 281. The maximum Gasteiger partial charge on any atom is 0.246 e. The normalized spacial score (nSPS) is 33.0. The summed E-state index contributed by atoms with van der Waals surface area (Å²) in [4.78, 5) is 23.7. The second-order valence-electron chi connectivity index (χ2n) is 3.61. The molecule has 0 radical (unpaired) electrons. The fraction of sp³-hybridized carbons (Fsp3) is 0.667. The van der Waals surface area contributed by atoms with Gasteiger partial charge in [0.15, 0.2) is 6.19 Å². The van der Waals surface area contributed by atoms with Crippen LogP contribution >= 0.6 is 0 Å². The van der Waals surface area contributed by atoms with Crippen LogP contribution in [0, 0.1) is 23.3 Å². The molecule has 0 spiro atoms. The summed E-state index contributed by atoms with van der Waals surface area (Å²) in [6.07, 6.45) is 5.20. The second-order valence-corrected chi connectivity index (χ2v) is 3.61. The molecule has 0 bridgehead atoms. The summed E-state index contributed by atoms with van der Waals surface area (Å²) in [5, 5.41) is 8.59. The van der Waals surface area contributed by atoms with Crippen LogP contribution in [-0.2, 0) is 9.59 Å². The number of rotatable bonds is 0. The maximum absolute atomic E-state index is 11.5. The highest BCUT2D eigenvalue weighted by Gasteiger charge is 2.48. The van der Waals surface area contributed by atoms with E-state index < -0.39 is 0 Å². The summed E-state index contributed by atoms with van der Waals surface area (Å²) in [7, 11) is 0. The zero-order chi connectivity index (χ0) is 9.42. The lowest BCUT2D eigenvalue weighted by atomic mass is 9.81. The first-order valence-corrected chi connectivity index (χ1v) is 4.53. The molecule has 0 aromatic heterocycles. The van der Waals surface area contributed by atoms with Crippen molar-refractivity contribution in [1.29, 1.82) is 5.26 Å². The Kier molecular flexibility index (Phi) is 1.80. The van der Waals surface area contributed by atoms with Crippen molar-refractivity contribution in [3.63, 3.8) is 0 Å². The molecule has 1 aliphatic carbocycles. The Morgan fingerprint density at radius 2 is 1.62 bits per heavy atom. The molecule has 0 N–H and O–H groups in total. The Labute approximate surface area is 76.1 Å². The van der Waals surface area contributed by atoms with E-state index in [1.807, 2.05) is 0 Å². The van der Waals surface area contributed by atoms with Crippen LogP contribution in [0.15, 0.2) is 0 Å². The van der Waals surface area contributed by atoms with Gasteiger partial charge in [0.25, 0.3) is 0 Å². The highest BCUT2D eigenvalue weighted by atomic mass is 16.2. The number of amides is 2. The zero-order valence-corrected chi connectivity index (χ0v) is 7.19. The Hall–Kier alpha value is -1.37. The SMILES string of the molecule is N#CN1C(=O)C2CCCCC2C1=O. The van der Waals surface area contributed by atoms with Gasteiger partial charge in [0.2, 0.25) is 11.8 Å². The van der Waals surface area contributed by atoms with Gasteiger partial charge in [-0.2, -0.15) is 10.2 Å². The first-order chi connectivity index (χ1) is 6.25. The number of nitriles is 1. The Balaban J connectivity index is 2.29. The van der Waals surface area contributed by atoms with Crippen LogP contribution in [0.2, 0.25) is 0 Å². The predicted octanol–water partition coefficient (Wildman–Crippen LogP) is 0.643. The van der Waals surface area contributed by atoms with Crippen molar-refractivity contribution in [3.05, 3.63) is 0 Å². The Morgan fingerprint density at radius 3 is 2.00 bits per heavy atom. The number of hydrogen-bond acceptors (Lipinski definition) is 3. The predicted molar refractivity (Wildman–Crippen MR) is 42.9 cm³/mol. The van der Waals surface area contributed by atoms with Gasteiger partial charge in [-0.1, -0.05) is 12.8 Å². The van der Waals surface area contributed by atoms with Crippen LogP contribution < -0.4 is 0 Å². The molecule has 0 aromatic carbocycles. The monoisotopic (exact) mass is 178 g/mol. The third-order valence-corrected chi connectivity index (χ3v) is 2.94. The smallest absolute Gasteiger partial charge is 0.246 e. The average Bonchev–Trinajstić information content (AvgIpc) is 2.41. The third kappa shape index (κ3) is 1.04. The third-order valence-electron chi connectivity index (χ3n) is 2.94. The van der Waals surface area contributed by atoms with E-state index in [0.29, 0.717) is 0 Å². The minimum atomic E-state index is -0.280. The van der Waals surface area contributed by atoms with Crippen LogP contribution in [0.3, 0.4) is 0 Å². The molecular formula is C9H10N2O2. The van der Waals surface area contributed by atoms with Crippen molar-refractivity contribution >= 4 is 11.8 Å². The fourth-order valence-corrected chi connectivity index (χ4v) is 2.26. The number of hydrogen-bond donors (Lipinski definition) is 0. The molecule has 0 aromatic rings. The molecule has 1 saturated heterocycles. The van der Waals surface area contributed by atoms with Crippen molar-refractivity contribution in [2.24, 2.45) is 11.8 Å². The van der Waals surface area contributed by atoms with Crippen LogP contribution in [-0.4, -0.2) is 16.7 Å². The van der Waals surface area contributed by atoms with Gasteiger partial charge >= 0.3 is 0 Å². The molecule has 2 amide bonds. The van der Waals surface area contributed by atoms with Crippen molar-refractivity contribution in [2.75, 3.05) is 0 Å². The molecule has 13 heavy (non-hydrogen) atoms. The molecule has 1 aliphatic heterocycles.